The molecule has 0 radical (unpaired) electrons. The van der Waals surface area contributed by atoms with E-state index in [2.05, 4.69) is 53.5 Å². The average molecular weight is 284 g/mol. The fourth-order valence-electron chi connectivity index (χ4n) is 3.04. The summed E-state index contributed by atoms with van der Waals surface area (Å²) in [4.78, 5) is 2.55. The van der Waals surface area contributed by atoms with Crippen molar-refractivity contribution < 1.29 is 0 Å². The summed E-state index contributed by atoms with van der Waals surface area (Å²) in [5, 5.41) is 4.32. The van der Waals surface area contributed by atoms with Crippen LogP contribution in [0.1, 0.15) is 36.9 Å². The average Bonchev–Trinajstić information content (AvgIpc) is 3.22. The number of hydrogen-bond acceptors (Lipinski definition) is 3. The molecule has 2 atom stereocenters. The van der Waals surface area contributed by atoms with Crippen molar-refractivity contribution in [3.05, 3.63) is 53.9 Å². The number of nitrogens with two attached hydrogens (primary N) is 1. The highest BCUT2D eigenvalue weighted by molar-refractivity contribution is 5.19. The minimum absolute atomic E-state index is 0.0820. The monoisotopic (exact) mass is 284 g/mol. The Balaban J connectivity index is 1.86. The van der Waals surface area contributed by atoms with Crippen molar-refractivity contribution in [3.63, 3.8) is 0 Å². The van der Waals surface area contributed by atoms with Gasteiger partial charge in [-0.25, -0.2) is 0 Å². The zero-order valence-electron chi connectivity index (χ0n) is 12.8. The van der Waals surface area contributed by atoms with Gasteiger partial charge in [-0.1, -0.05) is 30.3 Å². The van der Waals surface area contributed by atoms with Crippen molar-refractivity contribution >= 4 is 0 Å². The molecule has 1 heterocycles. The Labute approximate surface area is 126 Å². The number of aryl methyl sites for hydroxylation is 1. The maximum Gasteiger partial charge on any atom is 0.0538 e. The minimum atomic E-state index is 0.0820. The molecule has 0 spiro atoms. The first-order valence-electron chi connectivity index (χ1n) is 7.69. The summed E-state index contributed by atoms with van der Waals surface area (Å²) in [6.45, 7) is 3.05. The van der Waals surface area contributed by atoms with Crippen LogP contribution in [0, 0.1) is 0 Å². The van der Waals surface area contributed by atoms with Crippen LogP contribution in [0.25, 0.3) is 0 Å². The van der Waals surface area contributed by atoms with E-state index < -0.39 is 0 Å². The zero-order valence-corrected chi connectivity index (χ0v) is 12.8. The largest absolute Gasteiger partial charge is 0.326 e. The Hall–Kier alpha value is -1.65. The van der Waals surface area contributed by atoms with Crippen LogP contribution in [0.3, 0.4) is 0 Å². The third-order valence-corrected chi connectivity index (χ3v) is 4.15. The fraction of sp³-hybridized carbons (Fsp3) is 0.471. The molecule has 3 rings (SSSR count). The van der Waals surface area contributed by atoms with E-state index in [1.54, 1.807) is 0 Å². The maximum atomic E-state index is 6.32. The molecule has 0 saturated heterocycles. The molecular weight excluding hydrogens is 260 g/mol. The van der Waals surface area contributed by atoms with Crippen LogP contribution in [0.15, 0.2) is 42.7 Å². The Bertz CT molecular complexity index is 571. The topological polar surface area (TPSA) is 47.1 Å². The van der Waals surface area contributed by atoms with E-state index in [1.165, 1.54) is 24.0 Å². The summed E-state index contributed by atoms with van der Waals surface area (Å²) in [5.41, 5.74) is 8.88. The van der Waals surface area contributed by atoms with E-state index in [9.17, 15) is 0 Å². The minimum Gasteiger partial charge on any atom is -0.326 e. The van der Waals surface area contributed by atoms with Crippen molar-refractivity contribution in [3.8, 4) is 0 Å². The van der Waals surface area contributed by atoms with Crippen LogP contribution >= 0.6 is 0 Å². The molecule has 1 aliphatic carbocycles. The second-order valence-corrected chi connectivity index (χ2v) is 6.14. The van der Waals surface area contributed by atoms with E-state index in [-0.39, 0.29) is 12.1 Å². The molecule has 2 N–H and O–H groups in total. The second-order valence-electron chi connectivity index (χ2n) is 6.14. The molecule has 0 bridgehead atoms. The van der Waals surface area contributed by atoms with Gasteiger partial charge in [0.25, 0.3) is 0 Å². The van der Waals surface area contributed by atoms with Crippen molar-refractivity contribution in [2.75, 3.05) is 0 Å². The quantitative estimate of drug-likeness (QED) is 0.886. The number of aromatic nitrogens is 2. The number of nitrogens with zero attached hydrogens (tertiary/aromatic N) is 3. The summed E-state index contributed by atoms with van der Waals surface area (Å²) >= 11 is 0. The molecule has 0 amide bonds. The fourth-order valence-corrected chi connectivity index (χ4v) is 3.04. The van der Waals surface area contributed by atoms with Gasteiger partial charge in [0, 0.05) is 37.4 Å². The Morgan fingerprint density at radius 1 is 1.33 bits per heavy atom. The number of rotatable bonds is 6. The van der Waals surface area contributed by atoms with Crippen molar-refractivity contribution in [1.82, 2.24) is 14.7 Å². The van der Waals surface area contributed by atoms with E-state index in [1.807, 2.05) is 17.9 Å². The van der Waals surface area contributed by atoms with Crippen LogP contribution in [-0.2, 0) is 13.6 Å². The maximum absolute atomic E-state index is 6.32. The summed E-state index contributed by atoms with van der Waals surface area (Å²) in [5.74, 6) is 0. The third kappa shape index (κ3) is 3.34. The summed E-state index contributed by atoms with van der Waals surface area (Å²) < 4.78 is 1.86. The standard InChI is InChI=1S/C17H24N4/c1-13(18)17(15-10-19-20(2)12-15)21(16-8-9-16)11-14-6-4-3-5-7-14/h3-7,10,12-13,16-17H,8-9,11,18H2,1-2H3. The second kappa shape index (κ2) is 6.00. The first-order valence-corrected chi connectivity index (χ1v) is 7.69. The molecule has 4 nitrogen and oxygen atoms in total. The SMILES string of the molecule is CC(N)C(c1cnn(C)c1)N(Cc1ccccc1)C1CC1. The van der Waals surface area contributed by atoms with Crippen molar-refractivity contribution in [2.24, 2.45) is 12.8 Å². The molecule has 21 heavy (non-hydrogen) atoms. The van der Waals surface area contributed by atoms with Gasteiger partial charge < -0.3 is 5.73 Å². The predicted octanol–water partition coefficient (Wildman–Crippen LogP) is 2.47. The van der Waals surface area contributed by atoms with E-state index >= 15 is 0 Å². The van der Waals surface area contributed by atoms with Gasteiger partial charge in [0.05, 0.1) is 12.2 Å². The smallest absolute Gasteiger partial charge is 0.0538 e. The molecule has 4 heteroatoms. The molecular formula is C17H24N4. The Morgan fingerprint density at radius 2 is 2.05 bits per heavy atom. The Kier molecular flexibility index (Phi) is 4.08. The summed E-state index contributed by atoms with van der Waals surface area (Å²) in [7, 11) is 1.96. The Morgan fingerprint density at radius 3 is 2.57 bits per heavy atom. The van der Waals surface area contributed by atoms with Crippen LogP contribution < -0.4 is 5.73 Å². The van der Waals surface area contributed by atoms with Gasteiger partial charge in [-0.05, 0) is 25.3 Å². The van der Waals surface area contributed by atoms with Gasteiger partial charge in [-0.2, -0.15) is 5.10 Å². The number of hydrogen-bond donors (Lipinski definition) is 1. The molecule has 1 aliphatic rings. The van der Waals surface area contributed by atoms with E-state index in [4.69, 9.17) is 5.73 Å². The highest BCUT2D eigenvalue weighted by Gasteiger charge is 2.36. The summed E-state index contributed by atoms with van der Waals surface area (Å²) in [6, 6.07) is 11.6. The van der Waals surface area contributed by atoms with E-state index in [0.29, 0.717) is 6.04 Å². The van der Waals surface area contributed by atoms with Crippen LogP contribution in [-0.4, -0.2) is 26.8 Å². The third-order valence-electron chi connectivity index (χ3n) is 4.15. The molecule has 1 aromatic heterocycles. The first kappa shape index (κ1) is 14.3. The molecule has 1 saturated carbocycles. The predicted molar refractivity (Wildman–Crippen MR) is 84.6 cm³/mol. The summed E-state index contributed by atoms with van der Waals surface area (Å²) in [6.07, 6.45) is 6.59. The van der Waals surface area contributed by atoms with Gasteiger partial charge in [-0.3, -0.25) is 9.58 Å². The molecule has 1 aromatic carbocycles. The highest BCUT2D eigenvalue weighted by atomic mass is 15.3. The van der Waals surface area contributed by atoms with Gasteiger partial charge in [0.15, 0.2) is 0 Å². The molecule has 1 fully saturated rings. The molecule has 112 valence electrons. The normalized spacial score (nSPS) is 17.9. The lowest BCUT2D eigenvalue weighted by atomic mass is 10.0. The van der Waals surface area contributed by atoms with Gasteiger partial charge in [0.2, 0.25) is 0 Å². The van der Waals surface area contributed by atoms with Gasteiger partial charge in [-0.15, -0.1) is 0 Å². The molecule has 0 aliphatic heterocycles. The lowest BCUT2D eigenvalue weighted by Gasteiger charge is -2.34. The van der Waals surface area contributed by atoms with Crippen LogP contribution in [0.2, 0.25) is 0 Å². The van der Waals surface area contributed by atoms with E-state index in [0.717, 1.165) is 6.54 Å². The lowest BCUT2D eigenvalue weighted by molar-refractivity contribution is 0.157. The van der Waals surface area contributed by atoms with Gasteiger partial charge >= 0.3 is 0 Å². The lowest BCUT2D eigenvalue weighted by Crippen LogP contribution is -2.40. The first-order chi connectivity index (χ1) is 10.1. The van der Waals surface area contributed by atoms with Crippen molar-refractivity contribution in [2.45, 2.75) is 44.4 Å². The molecule has 2 unspecified atom stereocenters. The van der Waals surface area contributed by atoms with Crippen LogP contribution in [0.4, 0.5) is 0 Å². The number of benzene rings is 1. The van der Waals surface area contributed by atoms with Gasteiger partial charge in [0.1, 0.15) is 0 Å². The van der Waals surface area contributed by atoms with Crippen LogP contribution in [0.5, 0.6) is 0 Å². The highest BCUT2D eigenvalue weighted by Crippen LogP contribution is 2.36. The molecule has 2 aromatic rings. The zero-order chi connectivity index (χ0) is 14.8. The van der Waals surface area contributed by atoms with Crippen molar-refractivity contribution in [1.29, 1.82) is 0 Å².